The highest BCUT2D eigenvalue weighted by Crippen LogP contribution is 2.27. The van der Waals surface area contributed by atoms with Crippen LogP contribution in [0.3, 0.4) is 0 Å². The molecule has 152 valence electrons. The van der Waals surface area contributed by atoms with E-state index in [4.69, 9.17) is 4.74 Å². The van der Waals surface area contributed by atoms with E-state index in [1.54, 1.807) is 17.1 Å². The van der Waals surface area contributed by atoms with Crippen molar-refractivity contribution in [2.24, 2.45) is 0 Å². The highest BCUT2D eigenvalue weighted by Gasteiger charge is 2.17. The molecular formula is C22H21N5O2S. The average Bonchev–Trinajstić information content (AvgIpc) is 3.40. The van der Waals surface area contributed by atoms with Crippen LogP contribution in [0.25, 0.3) is 17.1 Å². The van der Waals surface area contributed by atoms with Gasteiger partial charge < -0.3 is 4.74 Å². The number of nitrogens with zero attached hydrogens (tertiary/aromatic N) is 4. The lowest BCUT2D eigenvalue weighted by molar-refractivity contribution is 0.102. The maximum Gasteiger partial charge on any atom is 0.260 e. The fraction of sp³-hybridized carbons (Fsp3) is 0.182. The molecule has 1 amide bonds. The molecule has 3 heterocycles. The van der Waals surface area contributed by atoms with Crippen molar-refractivity contribution in [3.05, 3.63) is 71.5 Å². The molecule has 3 aromatic heterocycles. The van der Waals surface area contributed by atoms with E-state index in [0.717, 1.165) is 23.4 Å². The van der Waals surface area contributed by atoms with Gasteiger partial charge in [0.05, 0.1) is 29.8 Å². The first kappa shape index (κ1) is 19.8. The second-order valence-corrected chi connectivity index (χ2v) is 7.47. The predicted molar refractivity (Wildman–Crippen MR) is 117 cm³/mol. The van der Waals surface area contributed by atoms with E-state index in [-0.39, 0.29) is 5.91 Å². The molecule has 0 aliphatic carbocycles. The molecule has 1 aromatic carbocycles. The van der Waals surface area contributed by atoms with Crippen LogP contribution in [-0.4, -0.2) is 32.3 Å². The molecule has 4 aromatic rings. The topological polar surface area (TPSA) is 81.9 Å². The minimum absolute atomic E-state index is 0.251. The Kier molecular flexibility index (Phi) is 5.85. The highest BCUT2D eigenvalue weighted by molar-refractivity contribution is 7.14. The first-order valence-electron chi connectivity index (χ1n) is 9.62. The second-order valence-electron chi connectivity index (χ2n) is 6.61. The quantitative estimate of drug-likeness (QED) is 0.468. The molecular weight excluding hydrogens is 398 g/mol. The van der Waals surface area contributed by atoms with Gasteiger partial charge in [0, 0.05) is 17.1 Å². The van der Waals surface area contributed by atoms with E-state index in [1.165, 1.54) is 11.3 Å². The first-order valence-corrected chi connectivity index (χ1v) is 10.5. The summed E-state index contributed by atoms with van der Waals surface area (Å²) in [6, 6.07) is 13.3. The minimum Gasteiger partial charge on any atom is -0.494 e. The number of amides is 1. The fourth-order valence-electron chi connectivity index (χ4n) is 2.91. The van der Waals surface area contributed by atoms with Crippen LogP contribution >= 0.6 is 11.3 Å². The Balaban J connectivity index is 1.46. The lowest BCUT2D eigenvalue weighted by Crippen LogP contribution is -2.13. The summed E-state index contributed by atoms with van der Waals surface area (Å²) in [6.45, 7) is 4.61. The Morgan fingerprint density at radius 3 is 2.77 bits per heavy atom. The molecule has 8 heteroatoms. The third-order valence-electron chi connectivity index (χ3n) is 4.47. The maximum atomic E-state index is 12.7. The molecule has 0 aliphatic heterocycles. The zero-order valence-electron chi connectivity index (χ0n) is 16.7. The van der Waals surface area contributed by atoms with Crippen LogP contribution in [0.4, 0.5) is 5.13 Å². The lowest BCUT2D eigenvalue weighted by Gasteiger charge is -2.05. The number of hydrogen-bond donors (Lipinski definition) is 1. The number of rotatable bonds is 7. The summed E-state index contributed by atoms with van der Waals surface area (Å²) in [7, 11) is 0. The van der Waals surface area contributed by atoms with Gasteiger partial charge in [0.15, 0.2) is 10.9 Å². The Morgan fingerprint density at radius 1 is 1.20 bits per heavy atom. The van der Waals surface area contributed by atoms with Gasteiger partial charge in [-0.05, 0) is 49.7 Å². The summed E-state index contributed by atoms with van der Waals surface area (Å²) in [5, 5.41) is 9.61. The standard InChI is InChI=1S/C22H21N5O2S/c1-3-12-29-17-9-7-16(8-10-17)19-14-30-22(25-19)26-21(28)18-13-24-27(15(18)2)20-6-4-5-11-23-20/h4-11,13-14H,3,12H2,1-2H3,(H,25,26,28). The van der Waals surface area contributed by atoms with Crippen molar-refractivity contribution in [2.45, 2.75) is 20.3 Å². The molecule has 0 atom stereocenters. The number of ether oxygens (including phenoxy) is 1. The van der Waals surface area contributed by atoms with Crippen molar-refractivity contribution >= 4 is 22.4 Å². The minimum atomic E-state index is -0.251. The lowest BCUT2D eigenvalue weighted by atomic mass is 10.2. The monoisotopic (exact) mass is 419 g/mol. The number of pyridine rings is 1. The van der Waals surface area contributed by atoms with Crippen LogP contribution in [0, 0.1) is 6.92 Å². The third-order valence-corrected chi connectivity index (χ3v) is 5.23. The van der Waals surface area contributed by atoms with E-state index in [1.807, 2.05) is 54.8 Å². The molecule has 1 N–H and O–H groups in total. The molecule has 0 saturated heterocycles. The van der Waals surface area contributed by atoms with Crippen molar-refractivity contribution < 1.29 is 9.53 Å². The Bertz CT molecular complexity index is 1140. The Labute approximate surface area is 178 Å². The number of hydrogen-bond acceptors (Lipinski definition) is 6. The smallest absolute Gasteiger partial charge is 0.260 e. The second kappa shape index (κ2) is 8.87. The highest BCUT2D eigenvalue weighted by atomic mass is 32.1. The van der Waals surface area contributed by atoms with Crippen LogP contribution in [0.15, 0.2) is 60.2 Å². The number of carbonyl (C=O) groups excluding carboxylic acids is 1. The zero-order chi connectivity index (χ0) is 20.9. The van der Waals surface area contributed by atoms with Gasteiger partial charge in [0.1, 0.15) is 5.75 Å². The van der Waals surface area contributed by atoms with Gasteiger partial charge in [0.2, 0.25) is 0 Å². The van der Waals surface area contributed by atoms with Crippen LogP contribution in [0.1, 0.15) is 29.4 Å². The largest absolute Gasteiger partial charge is 0.494 e. The normalized spacial score (nSPS) is 10.7. The van der Waals surface area contributed by atoms with E-state index < -0.39 is 0 Å². The van der Waals surface area contributed by atoms with Crippen LogP contribution in [0.2, 0.25) is 0 Å². The van der Waals surface area contributed by atoms with Crippen LogP contribution < -0.4 is 10.1 Å². The van der Waals surface area contributed by atoms with E-state index in [9.17, 15) is 4.79 Å². The van der Waals surface area contributed by atoms with Gasteiger partial charge in [-0.3, -0.25) is 10.1 Å². The van der Waals surface area contributed by atoms with Crippen molar-refractivity contribution in [2.75, 3.05) is 11.9 Å². The zero-order valence-corrected chi connectivity index (χ0v) is 17.5. The predicted octanol–water partition coefficient (Wildman–Crippen LogP) is 4.74. The molecule has 0 saturated carbocycles. The van der Waals surface area contributed by atoms with Crippen LogP contribution in [-0.2, 0) is 0 Å². The van der Waals surface area contributed by atoms with Crippen molar-refractivity contribution in [3.8, 4) is 22.8 Å². The van der Waals surface area contributed by atoms with E-state index >= 15 is 0 Å². The molecule has 0 bridgehead atoms. The summed E-state index contributed by atoms with van der Waals surface area (Å²) < 4.78 is 7.25. The number of thiazole rings is 1. The number of carbonyl (C=O) groups is 1. The van der Waals surface area contributed by atoms with Gasteiger partial charge in [0.25, 0.3) is 5.91 Å². The molecule has 0 spiro atoms. The SMILES string of the molecule is CCCOc1ccc(-c2csc(NC(=O)c3cnn(-c4ccccn4)c3C)n2)cc1. The summed E-state index contributed by atoms with van der Waals surface area (Å²) in [5.41, 5.74) is 2.97. The number of benzene rings is 1. The average molecular weight is 420 g/mol. The summed E-state index contributed by atoms with van der Waals surface area (Å²) in [4.78, 5) is 21.5. The van der Waals surface area contributed by atoms with Gasteiger partial charge in [-0.1, -0.05) is 13.0 Å². The van der Waals surface area contributed by atoms with Crippen molar-refractivity contribution in [1.29, 1.82) is 0 Å². The number of aromatic nitrogens is 4. The fourth-order valence-corrected chi connectivity index (χ4v) is 3.63. The molecule has 0 unspecified atom stereocenters. The first-order chi connectivity index (χ1) is 14.7. The third kappa shape index (κ3) is 4.23. The van der Waals surface area contributed by atoms with E-state index in [0.29, 0.717) is 28.8 Å². The molecule has 0 radical (unpaired) electrons. The van der Waals surface area contributed by atoms with Crippen LogP contribution in [0.5, 0.6) is 5.75 Å². The molecule has 30 heavy (non-hydrogen) atoms. The summed E-state index contributed by atoms with van der Waals surface area (Å²) >= 11 is 1.38. The summed E-state index contributed by atoms with van der Waals surface area (Å²) in [6.07, 6.45) is 4.20. The Morgan fingerprint density at radius 2 is 2.03 bits per heavy atom. The number of nitrogens with one attached hydrogen (secondary N) is 1. The molecule has 0 aliphatic rings. The van der Waals surface area contributed by atoms with Gasteiger partial charge >= 0.3 is 0 Å². The van der Waals surface area contributed by atoms with Gasteiger partial charge in [-0.25, -0.2) is 14.6 Å². The Hall–Kier alpha value is -3.52. The van der Waals surface area contributed by atoms with Gasteiger partial charge in [-0.2, -0.15) is 5.10 Å². The maximum absolute atomic E-state index is 12.7. The van der Waals surface area contributed by atoms with Crippen molar-refractivity contribution in [3.63, 3.8) is 0 Å². The molecule has 4 rings (SSSR count). The molecule has 0 fully saturated rings. The van der Waals surface area contributed by atoms with E-state index in [2.05, 4.69) is 27.3 Å². The number of anilines is 1. The van der Waals surface area contributed by atoms with Crippen molar-refractivity contribution in [1.82, 2.24) is 19.7 Å². The summed E-state index contributed by atoms with van der Waals surface area (Å²) in [5.74, 6) is 1.25. The van der Waals surface area contributed by atoms with Gasteiger partial charge in [-0.15, -0.1) is 11.3 Å². The molecule has 7 nitrogen and oxygen atoms in total.